The topological polar surface area (TPSA) is 76.2 Å². The molecule has 20 heavy (non-hydrogen) atoms. The van der Waals surface area contributed by atoms with Gasteiger partial charge in [-0.3, -0.25) is 10.1 Å². The van der Waals surface area contributed by atoms with Crippen molar-refractivity contribution in [2.75, 3.05) is 0 Å². The van der Waals surface area contributed by atoms with Crippen molar-refractivity contribution in [3.8, 4) is 11.8 Å². The number of rotatable bonds is 3. The van der Waals surface area contributed by atoms with Crippen LogP contribution in [0.2, 0.25) is 0 Å². The number of nitriles is 1. The van der Waals surface area contributed by atoms with Gasteiger partial charge in [-0.15, -0.1) is 0 Å². The second-order valence-corrected chi connectivity index (χ2v) is 5.71. The van der Waals surface area contributed by atoms with Gasteiger partial charge in [0, 0.05) is 12.1 Å². The van der Waals surface area contributed by atoms with Gasteiger partial charge < -0.3 is 4.74 Å². The lowest BCUT2D eigenvalue weighted by Crippen LogP contribution is -2.28. The van der Waals surface area contributed by atoms with Crippen molar-refractivity contribution < 1.29 is 9.66 Å². The van der Waals surface area contributed by atoms with Crippen molar-refractivity contribution in [3.05, 3.63) is 33.9 Å². The minimum Gasteiger partial charge on any atom is -0.490 e. The van der Waals surface area contributed by atoms with Crippen LogP contribution in [0.5, 0.6) is 5.75 Å². The van der Waals surface area contributed by atoms with E-state index in [-0.39, 0.29) is 17.4 Å². The Morgan fingerprint density at radius 2 is 1.95 bits per heavy atom. The number of nitro benzene ring substituents is 1. The largest absolute Gasteiger partial charge is 0.490 e. The minimum absolute atomic E-state index is 0.0457. The maximum absolute atomic E-state index is 10.8. The summed E-state index contributed by atoms with van der Waals surface area (Å²) in [4.78, 5) is 10.2. The molecule has 1 fully saturated rings. The quantitative estimate of drug-likeness (QED) is 0.622. The fraction of sp³-hybridized carbons (Fsp3) is 0.533. The van der Waals surface area contributed by atoms with E-state index >= 15 is 0 Å². The summed E-state index contributed by atoms with van der Waals surface area (Å²) in [6, 6.07) is 6.22. The van der Waals surface area contributed by atoms with Crippen molar-refractivity contribution >= 4 is 5.69 Å². The molecule has 0 bridgehead atoms. The molecule has 5 heteroatoms. The molecule has 2 unspecified atom stereocenters. The molecule has 2 atom stereocenters. The van der Waals surface area contributed by atoms with Crippen LogP contribution in [0, 0.1) is 33.3 Å². The molecule has 0 N–H and O–H groups in total. The van der Waals surface area contributed by atoms with Gasteiger partial charge in [-0.25, -0.2) is 0 Å². The Hall–Kier alpha value is -2.09. The Balaban J connectivity index is 2.14. The highest BCUT2D eigenvalue weighted by atomic mass is 16.6. The van der Waals surface area contributed by atoms with E-state index in [4.69, 9.17) is 10.00 Å². The number of nitrogens with zero attached hydrogens (tertiary/aromatic N) is 2. The van der Waals surface area contributed by atoms with E-state index in [0.29, 0.717) is 17.6 Å². The van der Waals surface area contributed by atoms with Crippen LogP contribution in [-0.4, -0.2) is 11.0 Å². The number of hydrogen-bond donors (Lipinski definition) is 0. The zero-order valence-corrected chi connectivity index (χ0v) is 11.7. The molecule has 0 aromatic heterocycles. The maximum Gasteiger partial charge on any atom is 0.287 e. The number of nitro groups is 1. The Morgan fingerprint density at radius 3 is 2.50 bits per heavy atom. The molecular weight excluding hydrogens is 256 g/mol. The average molecular weight is 274 g/mol. The van der Waals surface area contributed by atoms with Crippen molar-refractivity contribution in [3.63, 3.8) is 0 Å². The summed E-state index contributed by atoms with van der Waals surface area (Å²) < 4.78 is 5.90. The molecule has 5 nitrogen and oxygen atoms in total. The fourth-order valence-corrected chi connectivity index (χ4v) is 3.00. The van der Waals surface area contributed by atoms with E-state index in [2.05, 4.69) is 13.8 Å². The maximum atomic E-state index is 10.8. The Kier molecular flexibility index (Phi) is 4.23. The molecule has 2 rings (SSSR count). The van der Waals surface area contributed by atoms with Crippen molar-refractivity contribution in [1.29, 1.82) is 5.26 Å². The van der Waals surface area contributed by atoms with Crippen LogP contribution in [0.3, 0.4) is 0 Å². The van der Waals surface area contributed by atoms with Gasteiger partial charge in [0.15, 0.2) is 0 Å². The van der Waals surface area contributed by atoms with Gasteiger partial charge in [-0.05, 0) is 37.2 Å². The molecule has 0 heterocycles. The van der Waals surface area contributed by atoms with Crippen LogP contribution in [0.4, 0.5) is 5.69 Å². The Bertz CT molecular complexity index is 541. The van der Waals surface area contributed by atoms with Crippen LogP contribution in [0.25, 0.3) is 0 Å². The number of ether oxygens (including phenoxy) is 1. The third kappa shape index (κ3) is 3.27. The monoisotopic (exact) mass is 274 g/mol. The second-order valence-electron chi connectivity index (χ2n) is 5.71. The van der Waals surface area contributed by atoms with E-state index in [0.717, 1.165) is 12.8 Å². The first-order chi connectivity index (χ1) is 9.49. The van der Waals surface area contributed by atoms with Crippen LogP contribution in [0.15, 0.2) is 18.2 Å². The third-order valence-electron chi connectivity index (χ3n) is 3.72. The second kappa shape index (κ2) is 5.91. The van der Waals surface area contributed by atoms with Crippen LogP contribution in [0.1, 0.15) is 38.7 Å². The first-order valence-corrected chi connectivity index (χ1v) is 6.84. The van der Waals surface area contributed by atoms with Crippen molar-refractivity contribution in [2.45, 2.75) is 39.2 Å². The summed E-state index contributed by atoms with van der Waals surface area (Å²) >= 11 is 0. The van der Waals surface area contributed by atoms with Gasteiger partial charge in [0.05, 0.1) is 11.0 Å². The van der Waals surface area contributed by atoms with E-state index in [1.54, 1.807) is 6.07 Å². The lowest BCUT2D eigenvalue weighted by Gasteiger charge is -2.31. The fourth-order valence-electron chi connectivity index (χ4n) is 3.00. The smallest absolute Gasteiger partial charge is 0.287 e. The first kappa shape index (κ1) is 14.3. The third-order valence-corrected chi connectivity index (χ3v) is 3.72. The molecule has 0 radical (unpaired) electrons. The molecule has 0 amide bonds. The SMILES string of the molecule is CC1CC(C)CC(Oc2ccc([N+](=O)[O-])c(C#N)c2)C1. The average Bonchev–Trinajstić information content (AvgIpc) is 2.37. The Morgan fingerprint density at radius 1 is 1.30 bits per heavy atom. The summed E-state index contributed by atoms with van der Waals surface area (Å²) in [5.41, 5.74) is -0.130. The predicted octanol–water partition coefficient (Wildman–Crippen LogP) is 3.67. The van der Waals surface area contributed by atoms with Crippen LogP contribution < -0.4 is 4.74 Å². The summed E-state index contributed by atoms with van der Waals surface area (Å²) in [5, 5.41) is 19.8. The summed E-state index contributed by atoms with van der Waals surface area (Å²) in [5.74, 6) is 1.79. The van der Waals surface area contributed by atoms with E-state index in [1.165, 1.54) is 18.6 Å². The van der Waals surface area contributed by atoms with Gasteiger partial charge >= 0.3 is 0 Å². The lowest BCUT2D eigenvalue weighted by molar-refractivity contribution is -0.385. The molecule has 1 aromatic rings. The zero-order valence-electron chi connectivity index (χ0n) is 11.7. The molecule has 0 spiro atoms. The highest BCUT2D eigenvalue weighted by molar-refractivity contribution is 5.52. The van der Waals surface area contributed by atoms with Gasteiger partial charge in [-0.1, -0.05) is 13.8 Å². The molecule has 106 valence electrons. The predicted molar refractivity (Wildman–Crippen MR) is 74.4 cm³/mol. The molecule has 0 saturated heterocycles. The van der Waals surface area contributed by atoms with E-state index < -0.39 is 4.92 Å². The lowest BCUT2D eigenvalue weighted by atomic mass is 9.82. The van der Waals surface area contributed by atoms with Crippen molar-refractivity contribution in [1.82, 2.24) is 0 Å². The highest BCUT2D eigenvalue weighted by Crippen LogP contribution is 2.32. The molecular formula is C15H18N2O3. The molecule has 1 saturated carbocycles. The van der Waals surface area contributed by atoms with Crippen LogP contribution >= 0.6 is 0 Å². The first-order valence-electron chi connectivity index (χ1n) is 6.84. The van der Waals surface area contributed by atoms with E-state index in [9.17, 15) is 10.1 Å². The molecule has 1 aliphatic rings. The van der Waals surface area contributed by atoms with Gasteiger partial charge in [0.25, 0.3) is 5.69 Å². The zero-order chi connectivity index (χ0) is 14.7. The normalized spacial score (nSPS) is 25.8. The summed E-state index contributed by atoms with van der Waals surface area (Å²) in [6.07, 6.45) is 3.32. The minimum atomic E-state index is -0.549. The van der Waals surface area contributed by atoms with Gasteiger partial charge in [0.2, 0.25) is 0 Å². The van der Waals surface area contributed by atoms with Crippen molar-refractivity contribution in [2.24, 2.45) is 11.8 Å². The molecule has 1 aliphatic carbocycles. The summed E-state index contributed by atoms with van der Waals surface area (Å²) in [6.45, 7) is 4.42. The molecule has 1 aromatic carbocycles. The van der Waals surface area contributed by atoms with Gasteiger partial charge in [-0.2, -0.15) is 5.26 Å². The van der Waals surface area contributed by atoms with Gasteiger partial charge in [0.1, 0.15) is 17.4 Å². The highest BCUT2D eigenvalue weighted by Gasteiger charge is 2.25. The Labute approximate surface area is 118 Å². The standard InChI is InChI=1S/C15H18N2O3/c1-10-5-11(2)7-14(6-10)20-13-3-4-15(17(18)19)12(8-13)9-16/h3-4,8,10-11,14H,5-7H2,1-2H3. The van der Waals surface area contributed by atoms with E-state index in [1.807, 2.05) is 6.07 Å². The molecule has 0 aliphatic heterocycles. The summed E-state index contributed by atoms with van der Waals surface area (Å²) in [7, 11) is 0. The number of hydrogen-bond acceptors (Lipinski definition) is 4. The number of benzene rings is 1. The van der Waals surface area contributed by atoms with Crippen LogP contribution in [-0.2, 0) is 0 Å².